The van der Waals surface area contributed by atoms with Crippen LogP contribution in [0, 0.1) is 59.7 Å². The van der Waals surface area contributed by atoms with Crippen molar-refractivity contribution < 1.29 is 32.6 Å². The highest BCUT2D eigenvalue weighted by molar-refractivity contribution is 5.91. The molecule has 5 nitrogen and oxygen atoms in total. The molecule has 7 heteroatoms. The molecule has 5 aliphatic rings. The monoisotopic (exact) mass is 488 g/mol. The molecule has 0 aromatic heterocycles. The molecule has 0 N–H and O–H groups in total. The summed E-state index contributed by atoms with van der Waals surface area (Å²) in [4.78, 5) is 25.3. The maximum absolute atomic E-state index is 12.6. The van der Waals surface area contributed by atoms with Gasteiger partial charge in [-0.1, -0.05) is 11.8 Å². The topological polar surface area (TPSA) is 61.8 Å². The second-order valence-corrected chi connectivity index (χ2v) is 11.0. The van der Waals surface area contributed by atoms with Gasteiger partial charge in [0.1, 0.15) is 12.3 Å². The van der Waals surface area contributed by atoms with Crippen LogP contribution in [0.2, 0.25) is 0 Å². The van der Waals surface area contributed by atoms with Gasteiger partial charge in [-0.25, -0.2) is 0 Å². The van der Waals surface area contributed by atoms with Gasteiger partial charge in [-0.3, -0.25) is 9.59 Å². The molecule has 0 aromatic rings. The lowest BCUT2D eigenvalue weighted by Crippen LogP contribution is -2.59. The predicted octanol–water partition coefficient (Wildman–Crippen LogP) is 4.87. The largest absolute Gasteiger partial charge is 0.393 e. The van der Waals surface area contributed by atoms with Gasteiger partial charge in [-0.15, -0.1) is 8.78 Å². The molecule has 0 radical (unpaired) electrons. The Hall–Kier alpha value is -1.96. The van der Waals surface area contributed by atoms with Crippen molar-refractivity contribution in [2.45, 2.75) is 101 Å². The van der Waals surface area contributed by atoms with Crippen molar-refractivity contribution in [3.05, 3.63) is 0 Å². The molecule has 0 bridgehead atoms. The van der Waals surface area contributed by atoms with Gasteiger partial charge in [-0.05, 0) is 83.0 Å². The van der Waals surface area contributed by atoms with E-state index in [4.69, 9.17) is 14.2 Å². The number of esters is 2. The molecule has 4 saturated carbocycles. The third-order valence-corrected chi connectivity index (χ3v) is 9.16. The maximum Gasteiger partial charge on any atom is 0.316 e. The minimum atomic E-state index is -0.393. The van der Waals surface area contributed by atoms with Gasteiger partial charge >= 0.3 is 11.9 Å². The molecule has 1 heterocycles. The van der Waals surface area contributed by atoms with Crippen molar-refractivity contribution >= 4 is 11.9 Å². The first-order valence-electron chi connectivity index (χ1n) is 13.4. The standard InChI is InChI=1S/C28H34F2O5/c29-15-13-17-1-5-19(6-2-17)33-23-11-9-21-25-22(28(32)35-27(21)31)10-12-24(26(23)25)34-20-7-3-18(4-8-20)14-16-30/h17-26H,1-12H2. The molecule has 4 unspecified atom stereocenters. The number of ether oxygens (including phenoxy) is 3. The molecule has 190 valence electrons. The smallest absolute Gasteiger partial charge is 0.316 e. The van der Waals surface area contributed by atoms with Crippen LogP contribution in [0.25, 0.3) is 0 Å². The van der Waals surface area contributed by atoms with Crippen molar-refractivity contribution in [2.75, 3.05) is 0 Å². The summed E-state index contributed by atoms with van der Waals surface area (Å²) in [6.07, 6.45) is 12.6. The number of hydrogen-bond donors (Lipinski definition) is 0. The Balaban J connectivity index is 1.31. The van der Waals surface area contributed by atoms with E-state index < -0.39 is 11.9 Å². The highest BCUT2D eigenvalue weighted by Crippen LogP contribution is 2.52. The molecule has 0 spiro atoms. The van der Waals surface area contributed by atoms with Gasteiger partial charge in [0.05, 0.1) is 36.3 Å². The van der Waals surface area contributed by atoms with Crippen LogP contribution in [0.3, 0.4) is 0 Å². The molecule has 4 aliphatic carbocycles. The molecule has 4 atom stereocenters. The van der Waals surface area contributed by atoms with E-state index in [1.807, 2.05) is 0 Å². The fourth-order valence-electron chi connectivity index (χ4n) is 7.46. The van der Waals surface area contributed by atoms with Crippen LogP contribution in [0.4, 0.5) is 8.78 Å². The van der Waals surface area contributed by atoms with E-state index in [0.29, 0.717) is 12.8 Å². The fourth-order valence-corrected chi connectivity index (χ4v) is 7.46. The lowest BCUT2D eigenvalue weighted by Gasteiger charge is -2.53. The Morgan fingerprint density at radius 3 is 1.43 bits per heavy atom. The fraction of sp³-hybridized carbons (Fsp3) is 0.786. The molecule has 5 fully saturated rings. The zero-order valence-electron chi connectivity index (χ0n) is 20.1. The van der Waals surface area contributed by atoms with E-state index in [-0.39, 0.29) is 59.9 Å². The summed E-state index contributed by atoms with van der Waals surface area (Å²) in [5, 5.41) is 0. The number of carbonyl (C=O) groups excluding carboxylic acids is 2. The lowest BCUT2D eigenvalue weighted by molar-refractivity contribution is -0.212. The van der Waals surface area contributed by atoms with Crippen molar-refractivity contribution in [2.24, 2.45) is 35.5 Å². The second kappa shape index (κ2) is 11.0. The van der Waals surface area contributed by atoms with E-state index in [1.165, 1.54) is 0 Å². The van der Waals surface area contributed by atoms with Crippen molar-refractivity contribution in [3.63, 3.8) is 0 Å². The molecule has 35 heavy (non-hydrogen) atoms. The Kier molecular flexibility index (Phi) is 7.75. The Labute approximate surface area is 206 Å². The van der Waals surface area contributed by atoms with Crippen LogP contribution in [-0.2, 0) is 23.8 Å². The third-order valence-electron chi connectivity index (χ3n) is 9.16. The quantitative estimate of drug-likeness (QED) is 0.321. The van der Waals surface area contributed by atoms with Crippen molar-refractivity contribution in [1.29, 1.82) is 0 Å². The SMILES string of the molecule is O=C1OC(=O)C2CCC(OC3CCC(C#CF)CC3)C3C(OC4CCC(C#CF)CC4)CCC1C23. The van der Waals surface area contributed by atoms with Crippen LogP contribution in [0.1, 0.15) is 77.0 Å². The van der Waals surface area contributed by atoms with Gasteiger partial charge < -0.3 is 14.2 Å². The molecule has 1 aliphatic heterocycles. The number of carbonyl (C=O) groups is 2. The number of cyclic esters (lactones) is 2. The summed E-state index contributed by atoms with van der Waals surface area (Å²) < 4.78 is 43.3. The first-order valence-corrected chi connectivity index (χ1v) is 13.4. The molecular weight excluding hydrogens is 454 g/mol. The summed E-state index contributed by atoms with van der Waals surface area (Å²) in [6, 6.07) is 0. The first-order chi connectivity index (χ1) is 17.1. The predicted molar refractivity (Wildman–Crippen MR) is 123 cm³/mol. The average Bonchev–Trinajstić information content (AvgIpc) is 2.86. The van der Waals surface area contributed by atoms with E-state index in [2.05, 4.69) is 11.8 Å². The summed E-state index contributed by atoms with van der Waals surface area (Å²) in [5.74, 6) is 3.99. The Morgan fingerprint density at radius 1 is 0.600 bits per heavy atom. The van der Waals surface area contributed by atoms with Crippen LogP contribution in [-0.4, -0.2) is 36.4 Å². The van der Waals surface area contributed by atoms with Crippen molar-refractivity contribution in [1.82, 2.24) is 0 Å². The summed E-state index contributed by atoms with van der Waals surface area (Å²) in [7, 11) is 0. The number of rotatable bonds is 4. The van der Waals surface area contributed by atoms with Gasteiger partial charge in [0.25, 0.3) is 0 Å². The zero-order chi connectivity index (χ0) is 24.4. The van der Waals surface area contributed by atoms with Crippen LogP contribution >= 0.6 is 0 Å². The molecular formula is C28H34F2O5. The number of halogens is 2. The maximum atomic E-state index is 12.6. The highest BCUT2D eigenvalue weighted by Gasteiger charge is 2.58. The van der Waals surface area contributed by atoms with Crippen molar-refractivity contribution in [3.8, 4) is 24.2 Å². The zero-order valence-corrected chi connectivity index (χ0v) is 20.1. The number of hydrogen-bond acceptors (Lipinski definition) is 5. The van der Waals surface area contributed by atoms with Crippen LogP contribution in [0.5, 0.6) is 0 Å². The molecule has 0 aromatic carbocycles. The molecule has 5 rings (SSSR count). The van der Waals surface area contributed by atoms with Crippen LogP contribution in [0.15, 0.2) is 0 Å². The lowest BCUT2D eigenvalue weighted by atomic mass is 9.57. The Bertz CT molecular complexity index is 841. The minimum absolute atomic E-state index is 0.0315. The summed E-state index contributed by atoms with van der Waals surface area (Å²) in [6.45, 7) is 0. The average molecular weight is 489 g/mol. The van der Waals surface area contributed by atoms with Gasteiger partial charge in [0.15, 0.2) is 0 Å². The first kappa shape index (κ1) is 24.7. The summed E-state index contributed by atoms with van der Waals surface area (Å²) in [5.41, 5.74) is 0. The van der Waals surface area contributed by atoms with E-state index in [1.54, 1.807) is 12.3 Å². The second-order valence-electron chi connectivity index (χ2n) is 11.0. The summed E-state index contributed by atoms with van der Waals surface area (Å²) >= 11 is 0. The third kappa shape index (κ3) is 5.27. The normalized spacial score (nSPS) is 43.0. The Morgan fingerprint density at radius 2 is 1.03 bits per heavy atom. The van der Waals surface area contributed by atoms with Crippen LogP contribution < -0.4 is 0 Å². The molecule has 0 amide bonds. The van der Waals surface area contributed by atoms with Gasteiger partial charge in [-0.2, -0.15) is 0 Å². The van der Waals surface area contributed by atoms with E-state index in [9.17, 15) is 18.4 Å². The van der Waals surface area contributed by atoms with E-state index >= 15 is 0 Å². The highest BCUT2D eigenvalue weighted by atomic mass is 19.1. The van der Waals surface area contributed by atoms with Gasteiger partial charge in [0, 0.05) is 17.8 Å². The van der Waals surface area contributed by atoms with E-state index in [0.717, 1.165) is 64.2 Å². The minimum Gasteiger partial charge on any atom is -0.393 e. The molecule has 1 saturated heterocycles. The van der Waals surface area contributed by atoms with Gasteiger partial charge in [0.2, 0.25) is 0 Å².